The summed E-state index contributed by atoms with van der Waals surface area (Å²) in [6.45, 7) is 0. The molecular weight excluding hydrogens is 245 g/mol. The highest BCUT2D eigenvalue weighted by Crippen LogP contribution is 2.06. The highest BCUT2D eigenvalue weighted by molar-refractivity contribution is 9.10. The topological polar surface area (TPSA) is 50.2 Å². The second-order valence-electron chi connectivity index (χ2n) is 2.07. The van der Waals surface area contributed by atoms with Crippen LogP contribution < -0.4 is 5.56 Å². The van der Waals surface area contributed by atoms with Gasteiger partial charge in [0.25, 0.3) is 5.56 Å². The summed E-state index contributed by atoms with van der Waals surface area (Å²) in [4.78, 5) is 17.5. The molecule has 0 aliphatic heterocycles. The van der Waals surface area contributed by atoms with Crippen LogP contribution >= 0.6 is 28.3 Å². The van der Waals surface area contributed by atoms with E-state index in [4.69, 9.17) is 0 Å². The Kier molecular flexibility index (Phi) is 2.54. The first-order valence-electron chi connectivity index (χ1n) is 2.99. The maximum absolute atomic E-state index is 11.1. The zero-order chi connectivity index (χ0) is 7.84. The summed E-state index contributed by atoms with van der Waals surface area (Å²) in [5.74, 6) is 0. The van der Waals surface area contributed by atoms with E-state index in [0.717, 1.165) is 0 Å². The van der Waals surface area contributed by atoms with Crippen LogP contribution in [0.25, 0.3) is 5.52 Å². The summed E-state index contributed by atoms with van der Waals surface area (Å²) in [6, 6.07) is 0. The third-order valence-electron chi connectivity index (χ3n) is 1.42. The first-order chi connectivity index (χ1) is 5.29. The van der Waals surface area contributed by atoms with Crippen LogP contribution in [0.1, 0.15) is 0 Å². The number of fused-ring (bicyclic) bond motifs is 1. The number of aromatic nitrogens is 3. The van der Waals surface area contributed by atoms with Crippen LogP contribution in [-0.4, -0.2) is 14.4 Å². The van der Waals surface area contributed by atoms with Crippen LogP contribution in [0.15, 0.2) is 28.1 Å². The highest BCUT2D eigenvalue weighted by atomic mass is 79.9. The average Bonchev–Trinajstić information content (AvgIpc) is 2.35. The molecule has 4 nitrogen and oxygen atoms in total. The van der Waals surface area contributed by atoms with Gasteiger partial charge in [0.05, 0.1) is 6.20 Å². The van der Waals surface area contributed by atoms with Crippen molar-refractivity contribution in [3.63, 3.8) is 0 Å². The Morgan fingerprint density at radius 1 is 1.58 bits per heavy atom. The van der Waals surface area contributed by atoms with Crippen molar-refractivity contribution in [2.75, 3.05) is 0 Å². The molecule has 0 saturated heterocycles. The van der Waals surface area contributed by atoms with Crippen LogP contribution in [-0.2, 0) is 0 Å². The number of nitrogens with zero attached hydrogens (tertiary/aromatic N) is 2. The molecule has 0 unspecified atom stereocenters. The number of imidazole rings is 1. The average molecular weight is 250 g/mol. The number of hydrogen-bond donors (Lipinski definition) is 1. The fraction of sp³-hybridized carbons (Fsp3) is 0. The Hall–Kier alpha value is -0.810. The van der Waals surface area contributed by atoms with Crippen molar-refractivity contribution < 1.29 is 0 Å². The Morgan fingerprint density at radius 2 is 2.33 bits per heavy atom. The SMILES string of the molecule is Cl.O=c1[nH]ccn2c(Br)ncc12. The maximum atomic E-state index is 11.1. The molecule has 2 aromatic rings. The van der Waals surface area contributed by atoms with Gasteiger partial charge in [0.15, 0.2) is 4.73 Å². The van der Waals surface area contributed by atoms with Gasteiger partial charge in [-0.05, 0) is 15.9 Å². The number of halogens is 2. The van der Waals surface area contributed by atoms with Crippen LogP contribution in [0.4, 0.5) is 0 Å². The summed E-state index contributed by atoms with van der Waals surface area (Å²) < 4.78 is 2.30. The lowest BCUT2D eigenvalue weighted by molar-refractivity contribution is 1.05. The molecule has 2 rings (SSSR count). The first kappa shape index (κ1) is 9.28. The van der Waals surface area contributed by atoms with Crippen molar-refractivity contribution >= 4 is 33.9 Å². The third kappa shape index (κ3) is 1.25. The molecule has 0 saturated carbocycles. The van der Waals surface area contributed by atoms with Gasteiger partial charge in [-0.25, -0.2) is 4.98 Å². The standard InChI is InChI=1S/C6H4BrN3O.ClH/c7-6-9-3-4-5(11)8-1-2-10(4)6;/h1-3H,(H,8,11);1H. The van der Waals surface area contributed by atoms with Crippen molar-refractivity contribution in [2.45, 2.75) is 0 Å². The van der Waals surface area contributed by atoms with Gasteiger partial charge in [-0.1, -0.05) is 0 Å². The normalized spacial score (nSPS) is 9.75. The Morgan fingerprint density at radius 3 is 3.00 bits per heavy atom. The van der Waals surface area contributed by atoms with Crippen LogP contribution in [0.5, 0.6) is 0 Å². The monoisotopic (exact) mass is 249 g/mol. The molecule has 64 valence electrons. The molecule has 0 bridgehead atoms. The molecule has 1 N–H and O–H groups in total. The van der Waals surface area contributed by atoms with E-state index in [9.17, 15) is 4.79 Å². The van der Waals surface area contributed by atoms with E-state index in [1.54, 1.807) is 16.8 Å². The van der Waals surface area contributed by atoms with Gasteiger partial charge in [-0.3, -0.25) is 9.20 Å². The predicted octanol–water partition coefficient (Wildman–Crippen LogP) is 1.21. The van der Waals surface area contributed by atoms with Crippen molar-refractivity contribution in [2.24, 2.45) is 0 Å². The molecule has 0 fully saturated rings. The number of hydrogen-bond acceptors (Lipinski definition) is 2. The molecule has 0 aliphatic carbocycles. The fourth-order valence-corrected chi connectivity index (χ4v) is 1.32. The minimum absolute atomic E-state index is 0. The van der Waals surface area contributed by atoms with Gasteiger partial charge in [-0.15, -0.1) is 12.4 Å². The number of aromatic amines is 1. The number of H-pyrrole nitrogens is 1. The summed E-state index contributed by atoms with van der Waals surface area (Å²) in [7, 11) is 0. The minimum Gasteiger partial charge on any atom is -0.326 e. The van der Waals surface area contributed by atoms with Crippen molar-refractivity contribution in [3.8, 4) is 0 Å². The summed E-state index contributed by atoms with van der Waals surface area (Å²) in [5, 5.41) is 0. The second kappa shape index (κ2) is 3.28. The molecule has 0 atom stereocenters. The Balaban J connectivity index is 0.000000720. The first-order valence-corrected chi connectivity index (χ1v) is 3.78. The van der Waals surface area contributed by atoms with Crippen LogP contribution in [0.2, 0.25) is 0 Å². The molecule has 0 spiro atoms. The molecule has 2 aromatic heterocycles. The van der Waals surface area contributed by atoms with Crippen molar-refractivity contribution in [1.29, 1.82) is 0 Å². The second-order valence-corrected chi connectivity index (χ2v) is 2.78. The number of nitrogens with one attached hydrogen (secondary N) is 1. The minimum atomic E-state index is -0.134. The van der Waals surface area contributed by atoms with Crippen LogP contribution in [0, 0.1) is 0 Å². The van der Waals surface area contributed by atoms with E-state index in [-0.39, 0.29) is 18.0 Å². The van der Waals surface area contributed by atoms with E-state index >= 15 is 0 Å². The highest BCUT2D eigenvalue weighted by Gasteiger charge is 2.00. The maximum Gasteiger partial charge on any atom is 0.273 e. The van der Waals surface area contributed by atoms with Crippen molar-refractivity contribution in [1.82, 2.24) is 14.4 Å². The quantitative estimate of drug-likeness (QED) is 0.764. The lowest BCUT2D eigenvalue weighted by Gasteiger charge is -1.90. The van der Waals surface area contributed by atoms with E-state index < -0.39 is 0 Å². The van der Waals surface area contributed by atoms with E-state index in [1.165, 1.54) is 6.20 Å². The molecule has 12 heavy (non-hydrogen) atoms. The fourth-order valence-electron chi connectivity index (χ4n) is 0.909. The van der Waals surface area contributed by atoms with Gasteiger partial charge in [0.2, 0.25) is 0 Å². The molecule has 2 heterocycles. The lowest BCUT2D eigenvalue weighted by atomic mass is 10.6. The smallest absolute Gasteiger partial charge is 0.273 e. The zero-order valence-electron chi connectivity index (χ0n) is 5.82. The largest absolute Gasteiger partial charge is 0.326 e. The van der Waals surface area contributed by atoms with Crippen molar-refractivity contribution in [3.05, 3.63) is 33.7 Å². The zero-order valence-corrected chi connectivity index (χ0v) is 8.22. The van der Waals surface area contributed by atoms with Crippen LogP contribution in [0.3, 0.4) is 0 Å². The molecule has 0 aromatic carbocycles. The van der Waals surface area contributed by atoms with E-state index in [2.05, 4.69) is 25.9 Å². The molecule has 0 radical (unpaired) electrons. The van der Waals surface area contributed by atoms with Gasteiger partial charge >= 0.3 is 0 Å². The van der Waals surface area contributed by atoms with Gasteiger partial charge in [0.1, 0.15) is 5.52 Å². The lowest BCUT2D eigenvalue weighted by Crippen LogP contribution is -2.06. The third-order valence-corrected chi connectivity index (χ3v) is 2.01. The summed E-state index contributed by atoms with van der Waals surface area (Å²) in [5.41, 5.74) is 0.407. The number of rotatable bonds is 0. The predicted molar refractivity (Wildman–Crippen MR) is 50.8 cm³/mol. The van der Waals surface area contributed by atoms with E-state index in [0.29, 0.717) is 10.3 Å². The summed E-state index contributed by atoms with van der Waals surface area (Å²) in [6.07, 6.45) is 4.82. The molecule has 6 heteroatoms. The van der Waals surface area contributed by atoms with Gasteiger partial charge in [0, 0.05) is 12.4 Å². The van der Waals surface area contributed by atoms with E-state index in [1.807, 2.05) is 0 Å². The van der Waals surface area contributed by atoms with Gasteiger partial charge < -0.3 is 4.98 Å². The molecular formula is C6H5BrClN3O. The molecule has 0 amide bonds. The molecule has 0 aliphatic rings. The summed E-state index contributed by atoms with van der Waals surface area (Å²) >= 11 is 3.20. The Labute approximate surface area is 82.2 Å². The van der Waals surface area contributed by atoms with Gasteiger partial charge in [-0.2, -0.15) is 0 Å². The Bertz CT molecular complexity index is 449.